The summed E-state index contributed by atoms with van der Waals surface area (Å²) in [5, 5.41) is 0. The molecule has 0 bridgehead atoms. The quantitative estimate of drug-likeness (QED) is 0.368. The van der Waals surface area contributed by atoms with E-state index < -0.39 is 0 Å². The van der Waals surface area contributed by atoms with Crippen molar-refractivity contribution >= 4 is 5.97 Å². The predicted octanol–water partition coefficient (Wildman–Crippen LogP) is 1.11. The van der Waals surface area contributed by atoms with E-state index in [1.807, 2.05) is 6.92 Å². The van der Waals surface area contributed by atoms with Crippen LogP contribution < -0.4 is 0 Å². The van der Waals surface area contributed by atoms with Crippen LogP contribution in [0.15, 0.2) is 11.6 Å². The van der Waals surface area contributed by atoms with Gasteiger partial charge >= 0.3 is 5.97 Å². The van der Waals surface area contributed by atoms with Gasteiger partial charge in [-0.25, -0.2) is 0 Å². The average Bonchev–Trinajstić information content (AvgIpc) is 2.05. The van der Waals surface area contributed by atoms with Crippen molar-refractivity contribution in [3.8, 4) is 0 Å². The average molecular weight is 188 g/mol. The summed E-state index contributed by atoms with van der Waals surface area (Å²) < 4.78 is 14.7. The maximum Gasteiger partial charge on any atom is 0.302 e. The minimum atomic E-state index is -0.365. The molecule has 0 unspecified atom stereocenters. The first kappa shape index (κ1) is 12.1. The van der Waals surface area contributed by atoms with Crippen LogP contribution in [-0.4, -0.2) is 33.1 Å². The molecule has 4 heteroatoms. The van der Waals surface area contributed by atoms with E-state index in [0.717, 1.165) is 5.57 Å². The highest BCUT2D eigenvalue weighted by Crippen LogP contribution is 2.05. The van der Waals surface area contributed by atoms with Crippen molar-refractivity contribution < 1.29 is 19.0 Å². The maximum absolute atomic E-state index is 10.4. The smallest absolute Gasteiger partial charge is 0.302 e. The van der Waals surface area contributed by atoms with E-state index in [2.05, 4.69) is 0 Å². The highest BCUT2D eigenvalue weighted by Gasteiger charge is 2.06. The van der Waals surface area contributed by atoms with E-state index in [9.17, 15) is 4.79 Å². The van der Waals surface area contributed by atoms with Crippen LogP contribution in [0.1, 0.15) is 13.8 Å². The lowest BCUT2D eigenvalue weighted by atomic mass is 10.3. The largest absolute Gasteiger partial charge is 0.462 e. The van der Waals surface area contributed by atoms with Gasteiger partial charge in [-0.05, 0) is 18.6 Å². The molecule has 0 aliphatic rings. The van der Waals surface area contributed by atoms with Gasteiger partial charge in [0.15, 0.2) is 6.29 Å². The standard InChI is InChI=1S/C9H16O4/c1-7(9(11-3)12-4)5-6-13-8(2)10/h5,9H,6H2,1-4H3. The van der Waals surface area contributed by atoms with Gasteiger partial charge in [0.05, 0.1) is 0 Å². The Kier molecular flexibility index (Phi) is 6.18. The monoisotopic (exact) mass is 188 g/mol. The lowest BCUT2D eigenvalue weighted by Gasteiger charge is -2.13. The summed E-state index contributed by atoms with van der Waals surface area (Å²) >= 11 is 0. The van der Waals surface area contributed by atoms with Crippen LogP contribution in [0.2, 0.25) is 0 Å². The van der Waals surface area contributed by atoms with Crippen molar-refractivity contribution in [2.45, 2.75) is 20.1 Å². The maximum atomic E-state index is 10.4. The van der Waals surface area contributed by atoms with E-state index >= 15 is 0 Å². The van der Waals surface area contributed by atoms with E-state index in [1.165, 1.54) is 6.92 Å². The first-order valence-corrected chi connectivity index (χ1v) is 3.97. The number of ether oxygens (including phenoxy) is 3. The van der Waals surface area contributed by atoms with E-state index in [-0.39, 0.29) is 18.9 Å². The molecule has 0 spiro atoms. The zero-order valence-electron chi connectivity index (χ0n) is 8.49. The second kappa shape index (κ2) is 6.62. The Morgan fingerprint density at radius 2 is 1.85 bits per heavy atom. The highest BCUT2D eigenvalue weighted by atomic mass is 16.7. The lowest BCUT2D eigenvalue weighted by Crippen LogP contribution is -2.15. The fourth-order valence-corrected chi connectivity index (χ4v) is 0.855. The van der Waals surface area contributed by atoms with Crippen molar-refractivity contribution in [3.63, 3.8) is 0 Å². The van der Waals surface area contributed by atoms with Gasteiger partial charge in [0, 0.05) is 21.1 Å². The molecule has 0 atom stereocenters. The zero-order valence-corrected chi connectivity index (χ0v) is 8.49. The number of carbonyl (C=O) groups excluding carboxylic acids is 1. The molecule has 0 N–H and O–H groups in total. The molecule has 0 aromatic rings. The van der Waals surface area contributed by atoms with Crippen LogP contribution >= 0.6 is 0 Å². The fraction of sp³-hybridized carbons (Fsp3) is 0.667. The van der Waals surface area contributed by atoms with Gasteiger partial charge < -0.3 is 14.2 Å². The van der Waals surface area contributed by atoms with E-state index in [4.69, 9.17) is 14.2 Å². The third-order valence-corrected chi connectivity index (χ3v) is 1.49. The number of methoxy groups -OCH3 is 2. The molecule has 0 aliphatic carbocycles. The van der Waals surface area contributed by atoms with E-state index in [1.54, 1.807) is 20.3 Å². The Bertz CT molecular complexity index is 182. The minimum Gasteiger partial charge on any atom is -0.462 e. The zero-order chi connectivity index (χ0) is 10.3. The Morgan fingerprint density at radius 1 is 1.31 bits per heavy atom. The molecule has 0 aromatic heterocycles. The second-order valence-electron chi connectivity index (χ2n) is 2.55. The normalized spacial score (nSPS) is 11.9. The number of hydrogen-bond donors (Lipinski definition) is 0. The molecule has 0 aliphatic heterocycles. The molecule has 0 amide bonds. The Balaban J connectivity index is 3.91. The summed E-state index contributed by atoms with van der Waals surface area (Å²) in [6.45, 7) is 3.47. The molecule has 0 rings (SSSR count). The Labute approximate surface area is 78.5 Å². The lowest BCUT2D eigenvalue weighted by molar-refractivity contribution is -0.139. The fourth-order valence-electron chi connectivity index (χ4n) is 0.855. The molecule has 13 heavy (non-hydrogen) atoms. The van der Waals surface area contributed by atoms with Gasteiger partial charge in [-0.2, -0.15) is 0 Å². The third-order valence-electron chi connectivity index (χ3n) is 1.49. The Morgan fingerprint density at radius 3 is 2.23 bits per heavy atom. The molecule has 0 aromatic carbocycles. The molecule has 0 saturated heterocycles. The van der Waals surface area contributed by atoms with Crippen LogP contribution in [0.5, 0.6) is 0 Å². The van der Waals surface area contributed by atoms with Crippen LogP contribution in [0.4, 0.5) is 0 Å². The molecular formula is C9H16O4. The molecule has 4 nitrogen and oxygen atoms in total. The number of rotatable bonds is 5. The first-order chi connectivity index (χ1) is 6.11. The molecule has 76 valence electrons. The topological polar surface area (TPSA) is 44.8 Å². The van der Waals surface area contributed by atoms with Crippen molar-refractivity contribution in [1.82, 2.24) is 0 Å². The van der Waals surface area contributed by atoms with Crippen LogP contribution in [-0.2, 0) is 19.0 Å². The summed E-state index contributed by atoms with van der Waals surface area (Å²) in [4.78, 5) is 10.4. The summed E-state index contributed by atoms with van der Waals surface area (Å²) in [6, 6.07) is 0. The third kappa shape index (κ3) is 5.38. The van der Waals surface area contributed by atoms with Crippen molar-refractivity contribution in [3.05, 3.63) is 11.6 Å². The van der Waals surface area contributed by atoms with Gasteiger partial charge in [0.25, 0.3) is 0 Å². The molecule has 0 saturated carbocycles. The molecule has 0 fully saturated rings. The van der Waals surface area contributed by atoms with Gasteiger partial charge in [-0.1, -0.05) is 0 Å². The summed E-state index contributed by atoms with van der Waals surface area (Å²) in [5.41, 5.74) is 0.881. The van der Waals surface area contributed by atoms with E-state index in [0.29, 0.717) is 0 Å². The highest BCUT2D eigenvalue weighted by molar-refractivity contribution is 5.66. The van der Waals surface area contributed by atoms with Gasteiger partial charge in [0.2, 0.25) is 0 Å². The van der Waals surface area contributed by atoms with Crippen LogP contribution in [0.25, 0.3) is 0 Å². The SMILES string of the molecule is COC(OC)C(C)=CCOC(C)=O. The van der Waals surface area contributed by atoms with Crippen molar-refractivity contribution in [1.29, 1.82) is 0 Å². The van der Waals surface area contributed by atoms with Gasteiger partial charge in [0.1, 0.15) is 6.61 Å². The first-order valence-electron chi connectivity index (χ1n) is 3.97. The molecule has 0 radical (unpaired) electrons. The summed E-state index contributed by atoms with van der Waals surface area (Å²) in [5.74, 6) is -0.296. The van der Waals surface area contributed by atoms with Crippen molar-refractivity contribution in [2.75, 3.05) is 20.8 Å². The summed E-state index contributed by atoms with van der Waals surface area (Å²) in [6.07, 6.45) is 1.38. The molecular weight excluding hydrogens is 172 g/mol. The van der Waals surface area contributed by atoms with Gasteiger partial charge in [-0.3, -0.25) is 4.79 Å². The van der Waals surface area contributed by atoms with Crippen molar-refractivity contribution in [2.24, 2.45) is 0 Å². The number of esters is 1. The molecule has 0 heterocycles. The summed E-state index contributed by atoms with van der Waals surface area (Å²) in [7, 11) is 3.11. The van der Waals surface area contributed by atoms with Gasteiger partial charge in [-0.15, -0.1) is 0 Å². The Hall–Kier alpha value is -0.870. The minimum absolute atomic E-state index is 0.254. The number of carbonyl (C=O) groups is 1. The second-order valence-corrected chi connectivity index (χ2v) is 2.55. The predicted molar refractivity (Wildman–Crippen MR) is 48.2 cm³/mol. The van der Waals surface area contributed by atoms with Crippen LogP contribution in [0, 0.1) is 0 Å². The van der Waals surface area contributed by atoms with Crippen LogP contribution in [0.3, 0.4) is 0 Å². The number of hydrogen-bond acceptors (Lipinski definition) is 4.